The molecular weight excluding hydrogens is 232 g/mol. The summed E-state index contributed by atoms with van der Waals surface area (Å²) >= 11 is 0. The van der Waals surface area contributed by atoms with Crippen LogP contribution < -0.4 is 5.73 Å². The fraction of sp³-hybridized carbons (Fsp3) is 0.250. The fourth-order valence-electron chi connectivity index (χ4n) is 2.54. The van der Waals surface area contributed by atoms with E-state index < -0.39 is 4.92 Å². The van der Waals surface area contributed by atoms with Crippen molar-refractivity contribution in [1.29, 1.82) is 0 Å². The van der Waals surface area contributed by atoms with E-state index in [-0.39, 0.29) is 17.5 Å². The van der Waals surface area contributed by atoms with Gasteiger partial charge in [-0.1, -0.05) is 24.3 Å². The molecule has 6 heteroatoms. The van der Waals surface area contributed by atoms with Crippen LogP contribution in [0.2, 0.25) is 0 Å². The number of rotatable bonds is 2. The zero-order chi connectivity index (χ0) is 12.7. The molecule has 0 amide bonds. The lowest BCUT2D eigenvalue weighted by molar-refractivity contribution is -0.384. The van der Waals surface area contributed by atoms with E-state index in [4.69, 9.17) is 5.73 Å². The Labute approximate surface area is 103 Å². The predicted octanol–water partition coefficient (Wildman–Crippen LogP) is 1.91. The van der Waals surface area contributed by atoms with Crippen LogP contribution in [0.4, 0.5) is 11.5 Å². The summed E-state index contributed by atoms with van der Waals surface area (Å²) in [6, 6.07) is 8.07. The van der Waals surface area contributed by atoms with Gasteiger partial charge in [-0.15, -0.1) is 0 Å². The number of aromatic nitrogens is 2. The van der Waals surface area contributed by atoms with Gasteiger partial charge in [0.25, 0.3) is 0 Å². The zero-order valence-corrected chi connectivity index (χ0v) is 9.61. The molecule has 1 heterocycles. The predicted molar refractivity (Wildman–Crippen MR) is 66.2 cm³/mol. The minimum atomic E-state index is -0.500. The maximum atomic E-state index is 10.8. The van der Waals surface area contributed by atoms with Crippen LogP contribution in [-0.4, -0.2) is 14.7 Å². The molecule has 2 N–H and O–H groups in total. The summed E-state index contributed by atoms with van der Waals surface area (Å²) in [5, 5.41) is 14.8. The number of fused-ring (bicyclic) bond motifs is 1. The third kappa shape index (κ3) is 1.46. The maximum absolute atomic E-state index is 10.8. The molecule has 1 atom stereocenters. The zero-order valence-electron chi connectivity index (χ0n) is 9.61. The number of nitro groups is 1. The van der Waals surface area contributed by atoms with Crippen molar-refractivity contribution in [3.05, 3.63) is 51.7 Å². The average molecular weight is 244 g/mol. The minimum Gasteiger partial charge on any atom is -0.378 e. The van der Waals surface area contributed by atoms with E-state index in [0.717, 1.165) is 18.4 Å². The number of hydrogen-bond donors (Lipinski definition) is 1. The lowest BCUT2D eigenvalue weighted by atomic mass is 10.1. The number of hydrogen-bond acceptors (Lipinski definition) is 4. The summed E-state index contributed by atoms with van der Waals surface area (Å²) < 4.78 is 1.56. The van der Waals surface area contributed by atoms with E-state index >= 15 is 0 Å². The smallest absolute Gasteiger partial charge is 0.330 e. The molecule has 18 heavy (non-hydrogen) atoms. The molecule has 1 aromatic carbocycles. The summed E-state index contributed by atoms with van der Waals surface area (Å²) in [6.07, 6.45) is 3.05. The second kappa shape index (κ2) is 3.83. The normalized spacial score (nSPS) is 17.7. The van der Waals surface area contributed by atoms with Gasteiger partial charge in [-0.2, -0.15) is 5.10 Å². The number of nitrogen functional groups attached to an aromatic ring is 1. The summed E-state index contributed by atoms with van der Waals surface area (Å²) in [5.41, 5.74) is 8.09. The van der Waals surface area contributed by atoms with Crippen LogP contribution in [0.5, 0.6) is 0 Å². The fourth-order valence-corrected chi connectivity index (χ4v) is 2.54. The molecule has 0 radical (unpaired) electrons. The molecule has 1 aliphatic carbocycles. The molecule has 6 nitrogen and oxygen atoms in total. The highest BCUT2D eigenvalue weighted by Crippen LogP contribution is 2.36. The number of nitrogens with two attached hydrogens (primary N) is 1. The topological polar surface area (TPSA) is 87.0 Å². The van der Waals surface area contributed by atoms with Crippen molar-refractivity contribution in [3.8, 4) is 0 Å². The van der Waals surface area contributed by atoms with E-state index in [1.807, 2.05) is 18.2 Å². The van der Waals surface area contributed by atoms with Gasteiger partial charge in [-0.25, -0.2) is 4.68 Å². The second-order valence-electron chi connectivity index (χ2n) is 4.37. The van der Waals surface area contributed by atoms with Crippen molar-refractivity contribution >= 4 is 11.5 Å². The summed E-state index contributed by atoms with van der Waals surface area (Å²) in [5.74, 6) is 0.127. The largest absolute Gasteiger partial charge is 0.378 e. The highest BCUT2D eigenvalue weighted by molar-refractivity contribution is 5.52. The van der Waals surface area contributed by atoms with Gasteiger partial charge in [-0.05, 0) is 24.0 Å². The van der Waals surface area contributed by atoms with E-state index in [1.54, 1.807) is 4.68 Å². The Morgan fingerprint density at radius 2 is 2.22 bits per heavy atom. The molecule has 0 spiro atoms. The Morgan fingerprint density at radius 1 is 1.44 bits per heavy atom. The molecule has 1 aliphatic rings. The molecular formula is C12H12N4O2. The van der Waals surface area contributed by atoms with E-state index in [2.05, 4.69) is 11.2 Å². The summed E-state index contributed by atoms with van der Waals surface area (Å²) in [7, 11) is 0. The first-order valence-corrected chi connectivity index (χ1v) is 5.73. The van der Waals surface area contributed by atoms with Gasteiger partial charge in [0.15, 0.2) is 0 Å². The van der Waals surface area contributed by atoms with E-state index in [1.165, 1.54) is 11.8 Å². The average Bonchev–Trinajstić information content (AvgIpc) is 2.92. The molecule has 3 rings (SSSR count). The first-order chi connectivity index (χ1) is 8.68. The third-order valence-corrected chi connectivity index (χ3v) is 3.41. The number of nitrogens with zero attached hydrogens (tertiary/aromatic N) is 3. The number of aryl methyl sites for hydroxylation is 1. The van der Waals surface area contributed by atoms with Crippen LogP contribution in [-0.2, 0) is 6.42 Å². The number of benzene rings is 1. The van der Waals surface area contributed by atoms with Crippen LogP contribution in [0.15, 0.2) is 30.5 Å². The Balaban J connectivity index is 2.05. The molecule has 0 aliphatic heterocycles. The monoisotopic (exact) mass is 244 g/mol. The van der Waals surface area contributed by atoms with E-state index in [0.29, 0.717) is 0 Å². The molecule has 92 valence electrons. The van der Waals surface area contributed by atoms with Crippen molar-refractivity contribution in [1.82, 2.24) is 9.78 Å². The molecule has 0 saturated carbocycles. The SMILES string of the molecule is Nc1c([N+](=O)[O-])cnn1C1CCc2ccccc21. The Hall–Kier alpha value is -2.37. The molecule has 0 bridgehead atoms. The highest BCUT2D eigenvalue weighted by Gasteiger charge is 2.28. The van der Waals surface area contributed by atoms with Gasteiger partial charge in [0, 0.05) is 0 Å². The maximum Gasteiger partial charge on any atom is 0.330 e. The van der Waals surface area contributed by atoms with Crippen LogP contribution >= 0.6 is 0 Å². The lowest BCUT2D eigenvalue weighted by Crippen LogP contribution is -2.12. The molecule has 0 saturated heterocycles. The lowest BCUT2D eigenvalue weighted by Gasteiger charge is -2.13. The van der Waals surface area contributed by atoms with Crippen LogP contribution in [0.3, 0.4) is 0 Å². The second-order valence-corrected chi connectivity index (χ2v) is 4.37. The Kier molecular flexibility index (Phi) is 2.29. The standard InChI is InChI=1S/C12H12N4O2/c13-12-11(16(17)18)7-14-15(12)10-6-5-8-3-1-2-4-9(8)10/h1-4,7,10H,5-6,13H2. The van der Waals surface area contributed by atoms with E-state index in [9.17, 15) is 10.1 Å². The first kappa shape index (κ1) is 10.8. The van der Waals surface area contributed by atoms with Gasteiger partial charge in [0.1, 0.15) is 6.20 Å². The first-order valence-electron chi connectivity index (χ1n) is 5.73. The van der Waals surface area contributed by atoms with Gasteiger partial charge in [0.05, 0.1) is 11.0 Å². The Bertz CT molecular complexity index is 620. The van der Waals surface area contributed by atoms with Gasteiger partial charge < -0.3 is 5.73 Å². The van der Waals surface area contributed by atoms with Gasteiger partial charge >= 0.3 is 5.69 Å². The van der Waals surface area contributed by atoms with Crippen molar-refractivity contribution in [2.75, 3.05) is 5.73 Å². The molecule has 1 unspecified atom stereocenters. The highest BCUT2D eigenvalue weighted by atomic mass is 16.6. The van der Waals surface area contributed by atoms with Crippen molar-refractivity contribution in [2.45, 2.75) is 18.9 Å². The molecule has 1 aromatic heterocycles. The van der Waals surface area contributed by atoms with Crippen molar-refractivity contribution in [3.63, 3.8) is 0 Å². The quantitative estimate of drug-likeness (QED) is 0.645. The molecule has 2 aromatic rings. The third-order valence-electron chi connectivity index (χ3n) is 3.41. The Morgan fingerprint density at radius 3 is 2.94 bits per heavy atom. The van der Waals surface area contributed by atoms with Crippen LogP contribution in [0, 0.1) is 10.1 Å². The van der Waals surface area contributed by atoms with Crippen molar-refractivity contribution in [2.24, 2.45) is 0 Å². The van der Waals surface area contributed by atoms with Crippen LogP contribution in [0.1, 0.15) is 23.6 Å². The van der Waals surface area contributed by atoms with Crippen LogP contribution in [0.25, 0.3) is 0 Å². The minimum absolute atomic E-state index is 0.00917. The summed E-state index contributed by atoms with van der Waals surface area (Å²) in [6.45, 7) is 0. The summed E-state index contributed by atoms with van der Waals surface area (Å²) in [4.78, 5) is 10.3. The van der Waals surface area contributed by atoms with Gasteiger partial charge in [-0.3, -0.25) is 10.1 Å². The van der Waals surface area contributed by atoms with Crippen molar-refractivity contribution < 1.29 is 4.92 Å². The van der Waals surface area contributed by atoms with Gasteiger partial charge in [0.2, 0.25) is 5.82 Å². The number of anilines is 1. The molecule has 0 fully saturated rings.